The Labute approximate surface area is 184 Å². The molecule has 2 aromatic rings. The second kappa shape index (κ2) is 9.22. The lowest BCUT2D eigenvalue weighted by Gasteiger charge is -2.32. The summed E-state index contributed by atoms with van der Waals surface area (Å²) >= 11 is 0. The Morgan fingerprint density at radius 1 is 1.19 bits per heavy atom. The average molecular weight is 446 g/mol. The van der Waals surface area contributed by atoms with Crippen molar-refractivity contribution in [3.63, 3.8) is 0 Å². The van der Waals surface area contributed by atoms with E-state index in [0.717, 1.165) is 48.4 Å². The number of benzene rings is 2. The third kappa shape index (κ3) is 5.06. The summed E-state index contributed by atoms with van der Waals surface area (Å²) in [4.78, 5) is 20.2. The molecule has 0 bridgehead atoms. The van der Waals surface area contributed by atoms with E-state index in [-0.39, 0.29) is 31.0 Å². The maximum atomic E-state index is 13.1. The van der Waals surface area contributed by atoms with E-state index in [0.29, 0.717) is 12.0 Å². The molecule has 0 radical (unpaired) electrons. The SMILES string of the molecule is COc1ccc(C2=NOC(CN(Cc3cccc(C(F)(F)F)c3)C(=O)C3CCC3)C2)cc1. The second-order valence-corrected chi connectivity index (χ2v) is 8.24. The Kier molecular flexibility index (Phi) is 6.39. The van der Waals surface area contributed by atoms with Crippen molar-refractivity contribution in [3.8, 4) is 5.75 Å². The van der Waals surface area contributed by atoms with E-state index in [1.165, 1.54) is 6.07 Å². The van der Waals surface area contributed by atoms with E-state index in [1.54, 1.807) is 18.1 Å². The van der Waals surface area contributed by atoms with Crippen LogP contribution in [-0.4, -0.2) is 36.3 Å². The number of oxime groups is 1. The first-order valence-corrected chi connectivity index (χ1v) is 10.7. The normalized spacial score (nSPS) is 18.5. The molecule has 0 spiro atoms. The summed E-state index contributed by atoms with van der Waals surface area (Å²) in [6.45, 7) is 0.381. The summed E-state index contributed by atoms with van der Waals surface area (Å²) in [5, 5.41) is 4.18. The van der Waals surface area contributed by atoms with Crippen LogP contribution in [0.4, 0.5) is 13.2 Å². The molecular weight excluding hydrogens is 421 g/mol. The first-order valence-electron chi connectivity index (χ1n) is 10.7. The summed E-state index contributed by atoms with van der Waals surface area (Å²) in [6.07, 6.45) is -1.62. The zero-order chi connectivity index (χ0) is 22.7. The van der Waals surface area contributed by atoms with Gasteiger partial charge in [0.2, 0.25) is 5.91 Å². The fourth-order valence-electron chi connectivity index (χ4n) is 3.94. The highest BCUT2D eigenvalue weighted by Gasteiger charge is 2.34. The molecule has 5 nitrogen and oxygen atoms in total. The van der Waals surface area contributed by atoms with Crippen molar-refractivity contribution in [2.24, 2.45) is 11.1 Å². The highest BCUT2D eigenvalue weighted by Crippen LogP contribution is 2.32. The lowest BCUT2D eigenvalue weighted by Crippen LogP contribution is -2.42. The monoisotopic (exact) mass is 446 g/mol. The zero-order valence-corrected chi connectivity index (χ0v) is 17.8. The molecule has 1 aliphatic carbocycles. The number of halogens is 3. The Morgan fingerprint density at radius 3 is 2.56 bits per heavy atom. The number of methoxy groups -OCH3 is 1. The van der Waals surface area contributed by atoms with Crippen molar-refractivity contribution in [1.29, 1.82) is 0 Å². The van der Waals surface area contributed by atoms with Crippen LogP contribution in [0.15, 0.2) is 53.7 Å². The fraction of sp³-hybridized carbons (Fsp3) is 0.417. The Bertz CT molecular complexity index is 985. The van der Waals surface area contributed by atoms with E-state index in [4.69, 9.17) is 9.57 Å². The van der Waals surface area contributed by atoms with E-state index in [9.17, 15) is 18.0 Å². The molecule has 0 aromatic heterocycles. The molecule has 32 heavy (non-hydrogen) atoms. The van der Waals surface area contributed by atoms with Crippen LogP contribution in [-0.2, 0) is 22.4 Å². The Balaban J connectivity index is 1.45. The Morgan fingerprint density at radius 2 is 1.94 bits per heavy atom. The highest BCUT2D eigenvalue weighted by atomic mass is 19.4. The van der Waals surface area contributed by atoms with Gasteiger partial charge in [-0.2, -0.15) is 13.2 Å². The lowest BCUT2D eigenvalue weighted by molar-refractivity contribution is -0.140. The van der Waals surface area contributed by atoms with Gasteiger partial charge in [-0.15, -0.1) is 0 Å². The Hall–Kier alpha value is -3.03. The molecule has 1 saturated carbocycles. The summed E-state index contributed by atoms with van der Waals surface area (Å²) < 4.78 is 44.5. The molecule has 1 amide bonds. The molecule has 2 aromatic carbocycles. The predicted octanol–water partition coefficient (Wildman–Crippen LogP) is 5.04. The highest BCUT2D eigenvalue weighted by molar-refractivity contribution is 6.01. The molecule has 1 fully saturated rings. The average Bonchev–Trinajstić information content (AvgIpc) is 3.20. The second-order valence-electron chi connectivity index (χ2n) is 8.24. The molecule has 2 aliphatic rings. The summed E-state index contributed by atoms with van der Waals surface area (Å²) in [6, 6.07) is 12.6. The van der Waals surface area contributed by atoms with E-state index < -0.39 is 11.7 Å². The van der Waals surface area contributed by atoms with Crippen LogP contribution in [0, 0.1) is 5.92 Å². The van der Waals surface area contributed by atoms with Crippen molar-refractivity contribution in [3.05, 3.63) is 65.2 Å². The molecule has 8 heteroatoms. The smallest absolute Gasteiger partial charge is 0.416 e. The van der Waals surface area contributed by atoms with Crippen molar-refractivity contribution < 1.29 is 27.5 Å². The van der Waals surface area contributed by atoms with Gasteiger partial charge in [0, 0.05) is 18.9 Å². The molecule has 1 heterocycles. The minimum absolute atomic E-state index is 0.0323. The van der Waals surface area contributed by atoms with Gasteiger partial charge in [-0.05, 0) is 60.4 Å². The van der Waals surface area contributed by atoms with E-state index in [1.807, 2.05) is 24.3 Å². The van der Waals surface area contributed by atoms with Crippen molar-refractivity contribution in [2.45, 2.75) is 44.5 Å². The summed E-state index contributed by atoms with van der Waals surface area (Å²) in [5.74, 6) is 0.641. The van der Waals surface area contributed by atoms with Gasteiger partial charge < -0.3 is 14.5 Å². The molecule has 0 N–H and O–H groups in total. The van der Waals surface area contributed by atoms with Gasteiger partial charge in [0.25, 0.3) is 0 Å². The third-order valence-electron chi connectivity index (χ3n) is 5.97. The molecule has 1 atom stereocenters. The van der Waals surface area contributed by atoms with Crippen LogP contribution in [0.5, 0.6) is 5.75 Å². The van der Waals surface area contributed by atoms with Crippen LogP contribution < -0.4 is 4.74 Å². The molecule has 1 aliphatic heterocycles. The van der Waals surface area contributed by atoms with Gasteiger partial charge in [-0.3, -0.25) is 4.79 Å². The molecule has 4 rings (SSSR count). The van der Waals surface area contributed by atoms with Crippen LogP contribution in [0.2, 0.25) is 0 Å². The number of alkyl halides is 3. The minimum atomic E-state index is -4.42. The summed E-state index contributed by atoms with van der Waals surface area (Å²) in [5.41, 5.74) is 1.41. The van der Waals surface area contributed by atoms with Crippen molar-refractivity contribution in [2.75, 3.05) is 13.7 Å². The van der Waals surface area contributed by atoms with Gasteiger partial charge in [0.05, 0.1) is 24.9 Å². The number of nitrogens with zero attached hydrogens (tertiary/aromatic N) is 2. The molecular formula is C24H25F3N2O3. The van der Waals surface area contributed by atoms with E-state index >= 15 is 0 Å². The number of amides is 1. The van der Waals surface area contributed by atoms with Gasteiger partial charge >= 0.3 is 6.18 Å². The van der Waals surface area contributed by atoms with Gasteiger partial charge in [-0.1, -0.05) is 23.7 Å². The fourth-order valence-corrected chi connectivity index (χ4v) is 3.94. The van der Waals surface area contributed by atoms with Crippen LogP contribution >= 0.6 is 0 Å². The van der Waals surface area contributed by atoms with Crippen LogP contribution in [0.3, 0.4) is 0 Å². The van der Waals surface area contributed by atoms with Crippen molar-refractivity contribution >= 4 is 11.6 Å². The van der Waals surface area contributed by atoms with Crippen molar-refractivity contribution in [1.82, 2.24) is 4.90 Å². The largest absolute Gasteiger partial charge is 0.497 e. The number of carbonyl (C=O) groups excluding carboxylic acids is 1. The first kappa shape index (κ1) is 22.2. The lowest BCUT2D eigenvalue weighted by atomic mass is 9.84. The maximum Gasteiger partial charge on any atom is 0.416 e. The first-order chi connectivity index (χ1) is 15.3. The quantitative estimate of drug-likeness (QED) is 0.599. The topological polar surface area (TPSA) is 51.1 Å². The minimum Gasteiger partial charge on any atom is -0.497 e. The number of hydrogen-bond donors (Lipinski definition) is 0. The molecule has 0 saturated heterocycles. The van der Waals surface area contributed by atoms with Gasteiger partial charge in [0.15, 0.2) is 6.10 Å². The predicted molar refractivity (Wildman–Crippen MR) is 113 cm³/mol. The molecule has 170 valence electrons. The number of carbonyl (C=O) groups is 1. The van der Waals surface area contributed by atoms with Crippen LogP contribution in [0.1, 0.15) is 42.4 Å². The number of ether oxygens (including phenoxy) is 1. The van der Waals surface area contributed by atoms with E-state index in [2.05, 4.69) is 5.16 Å². The van der Waals surface area contributed by atoms with Gasteiger partial charge in [-0.25, -0.2) is 0 Å². The zero-order valence-electron chi connectivity index (χ0n) is 17.8. The maximum absolute atomic E-state index is 13.1. The number of rotatable bonds is 7. The third-order valence-corrected chi connectivity index (χ3v) is 5.97. The summed E-state index contributed by atoms with van der Waals surface area (Å²) in [7, 11) is 1.60. The van der Waals surface area contributed by atoms with Crippen LogP contribution in [0.25, 0.3) is 0 Å². The number of hydrogen-bond acceptors (Lipinski definition) is 4. The molecule has 1 unspecified atom stereocenters. The standard InChI is InChI=1S/C24H25F3N2O3/c1-31-20-10-8-17(9-11-20)22-13-21(32-28-22)15-29(23(30)18-5-3-6-18)14-16-4-2-7-19(12-16)24(25,26)27/h2,4,7-12,18,21H,3,5-6,13-15H2,1H3. The van der Waals surface area contributed by atoms with Gasteiger partial charge in [0.1, 0.15) is 5.75 Å².